The molecule has 6 nitrogen and oxygen atoms in total. The average Bonchev–Trinajstić information content (AvgIpc) is 2.54. The van der Waals surface area contributed by atoms with Crippen LogP contribution in [0.15, 0.2) is 29.2 Å². The summed E-state index contributed by atoms with van der Waals surface area (Å²) in [7, 11) is 1.58. The van der Waals surface area contributed by atoms with E-state index < -0.39 is 5.91 Å². The zero-order valence-electron chi connectivity index (χ0n) is 13.4. The number of halogens is 2. The van der Waals surface area contributed by atoms with E-state index in [4.69, 9.17) is 28.0 Å². The fourth-order valence-corrected chi connectivity index (χ4v) is 2.60. The van der Waals surface area contributed by atoms with Gasteiger partial charge in [0.1, 0.15) is 0 Å². The van der Waals surface area contributed by atoms with Gasteiger partial charge in [0.2, 0.25) is 0 Å². The number of hydrogen-bond acceptors (Lipinski definition) is 4. The summed E-state index contributed by atoms with van der Waals surface area (Å²) in [6, 6.07) is 4.90. The molecule has 1 aromatic heterocycles. The molecule has 0 aliphatic rings. The first-order valence-corrected chi connectivity index (χ1v) is 7.95. The number of nitrogens with one attached hydrogen (secondary N) is 2. The van der Waals surface area contributed by atoms with Gasteiger partial charge in [0.05, 0.1) is 28.6 Å². The summed E-state index contributed by atoms with van der Waals surface area (Å²) in [4.78, 5) is 29.5. The van der Waals surface area contributed by atoms with Crippen molar-refractivity contribution in [2.75, 3.05) is 11.9 Å². The van der Waals surface area contributed by atoms with E-state index in [0.717, 1.165) is 0 Å². The number of aromatic nitrogens is 1. The van der Waals surface area contributed by atoms with E-state index in [1.54, 1.807) is 39.1 Å². The lowest BCUT2D eigenvalue weighted by atomic mass is 10.1. The minimum absolute atomic E-state index is 0.226. The quantitative estimate of drug-likeness (QED) is 0.791. The second-order valence-corrected chi connectivity index (χ2v) is 5.92. The van der Waals surface area contributed by atoms with Gasteiger partial charge in [-0.05, 0) is 32.0 Å². The van der Waals surface area contributed by atoms with Crippen LogP contribution < -0.4 is 16.4 Å². The van der Waals surface area contributed by atoms with Crippen LogP contribution in [-0.2, 0) is 11.9 Å². The Morgan fingerprint density at radius 3 is 2.67 bits per heavy atom. The zero-order valence-corrected chi connectivity index (χ0v) is 15.0. The summed E-state index contributed by atoms with van der Waals surface area (Å²) >= 11 is 12.1. The van der Waals surface area contributed by atoms with Crippen LogP contribution in [0.5, 0.6) is 0 Å². The van der Waals surface area contributed by atoms with Crippen LogP contribution in [0.4, 0.5) is 11.4 Å². The lowest BCUT2D eigenvalue weighted by Crippen LogP contribution is -2.29. The Hall–Kier alpha value is -2.02. The summed E-state index contributed by atoms with van der Waals surface area (Å²) in [5.41, 5.74) is 3.63. The minimum Gasteiger partial charge on any atom is -0.353 e. The SMILES string of the molecule is CCONC(=O)c1cn(C)c(=O)c(C)c1Nc1ccc(Cl)cc1Cl. The molecule has 0 aliphatic heterocycles. The highest BCUT2D eigenvalue weighted by atomic mass is 35.5. The highest BCUT2D eigenvalue weighted by Gasteiger charge is 2.18. The van der Waals surface area contributed by atoms with Crippen molar-refractivity contribution in [1.29, 1.82) is 0 Å². The molecular formula is C16H17Cl2N3O3. The molecule has 2 rings (SSSR count). The molecule has 0 saturated heterocycles. The van der Waals surface area contributed by atoms with Gasteiger partial charge in [0.15, 0.2) is 0 Å². The van der Waals surface area contributed by atoms with Gasteiger partial charge in [-0.1, -0.05) is 23.2 Å². The van der Waals surface area contributed by atoms with Crippen molar-refractivity contribution in [2.24, 2.45) is 7.05 Å². The van der Waals surface area contributed by atoms with Gasteiger partial charge in [-0.15, -0.1) is 0 Å². The largest absolute Gasteiger partial charge is 0.353 e. The summed E-state index contributed by atoms with van der Waals surface area (Å²) in [5, 5.41) is 3.90. The first-order chi connectivity index (χ1) is 11.3. The van der Waals surface area contributed by atoms with Crippen LogP contribution in [0, 0.1) is 6.92 Å². The highest BCUT2D eigenvalue weighted by molar-refractivity contribution is 6.36. The summed E-state index contributed by atoms with van der Waals surface area (Å²) in [6.07, 6.45) is 1.44. The van der Waals surface area contributed by atoms with Crippen molar-refractivity contribution in [3.63, 3.8) is 0 Å². The fraction of sp³-hybridized carbons (Fsp3) is 0.250. The monoisotopic (exact) mass is 369 g/mol. The number of nitrogens with zero attached hydrogens (tertiary/aromatic N) is 1. The molecule has 0 fully saturated rings. The van der Waals surface area contributed by atoms with Crippen LogP contribution in [-0.4, -0.2) is 17.1 Å². The van der Waals surface area contributed by atoms with E-state index in [2.05, 4.69) is 10.8 Å². The van der Waals surface area contributed by atoms with Crippen LogP contribution >= 0.6 is 23.2 Å². The average molecular weight is 370 g/mol. The van der Waals surface area contributed by atoms with Crippen LogP contribution in [0.3, 0.4) is 0 Å². The Morgan fingerprint density at radius 2 is 2.04 bits per heavy atom. The molecule has 0 atom stereocenters. The molecule has 0 aliphatic carbocycles. The van der Waals surface area contributed by atoms with Gasteiger partial charge in [0.25, 0.3) is 11.5 Å². The Labute approximate surface area is 149 Å². The van der Waals surface area contributed by atoms with E-state index in [1.165, 1.54) is 10.8 Å². The maximum Gasteiger partial charge on any atom is 0.278 e. The van der Waals surface area contributed by atoms with Crippen LogP contribution in [0.1, 0.15) is 22.8 Å². The molecule has 8 heteroatoms. The first kappa shape index (κ1) is 18.3. The molecule has 0 bridgehead atoms. The second kappa shape index (κ2) is 7.70. The van der Waals surface area contributed by atoms with E-state index in [1.807, 2.05) is 0 Å². The van der Waals surface area contributed by atoms with E-state index in [-0.39, 0.29) is 11.1 Å². The normalized spacial score (nSPS) is 10.5. The maximum atomic E-state index is 12.3. The number of carbonyl (C=O) groups excluding carboxylic acids is 1. The fourth-order valence-electron chi connectivity index (χ4n) is 2.14. The molecule has 0 spiro atoms. The van der Waals surface area contributed by atoms with E-state index in [9.17, 15) is 9.59 Å². The van der Waals surface area contributed by atoms with Crippen molar-refractivity contribution in [3.8, 4) is 0 Å². The molecule has 2 aromatic rings. The summed E-state index contributed by atoms with van der Waals surface area (Å²) in [5.74, 6) is -0.469. The molecule has 1 aromatic carbocycles. The molecule has 0 radical (unpaired) electrons. The Balaban J connectivity index is 2.52. The molecule has 2 N–H and O–H groups in total. The van der Waals surface area contributed by atoms with Crippen molar-refractivity contribution in [2.45, 2.75) is 13.8 Å². The molecule has 1 amide bonds. The van der Waals surface area contributed by atoms with Crippen molar-refractivity contribution < 1.29 is 9.63 Å². The number of pyridine rings is 1. The predicted molar refractivity (Wildman–Crippen MR) is 95.3 cm³/mol. The third-order valence-corrected chi connectivity index (χ3v) is 3.90. The molecule has 24 heavy (non-hydrogen) atoms. The van der Waals surface area contributed by atoms with Crippen molar-refractivity contribution in [3.05, 3.63) is 55.9 Å². The number of amides is 1. The molecule has 1 heterocycles. The van der Waals surface area contributed by atoms with Gasteiger partial charge in [-0.3, -0.25) is 14.4 Å². The van der Waals surface area contributed by atoms with E-state index in [0.29, 0.717) is 33.6 Å². The number of hydrogen-bond donors (Lipinski definition) is 2. The van der Waals surface area contributed by atoms with Crippen LogP contribution in [0.25, 0.3) is 0 Å². The zero-order chi connectivity index (χ0) is 17.9. The number of rotatable bonds is 5. The van der Waals surface area contributed by atoms with Gasteiger partial charge >= 0.3 is 0 Å². The van der Waals surface area contributed by atoms with Crippen LogP contribution in [0.2, 0.25) is 10.0 Å². The molecule has 128 valence electrons. The van der Waals surface area contributed by atoms with Gasteiger partial charge < -0.3 is 9.88 Å². The molecule has 0 unspecified atom stereocenters. The Bertz CT molecular complexity index is 834. The third-order valence-electron chi connectivity index (χ3n) is 3.35. The lowest BCUT2D eigenvalue weighted by Gasteiger charge is -2.16. The number of carbonyl (C=O) groups is 1. The predicted octanol–water partition coefficient (Wildman–Crippen LogP) is 3.43. The van der Waals surface area contributed by atoms with Crippen molar-refractivity contribution >= 4 is 40.5 Å². The first-order valence-electron chi connectivity index (χ1n) is 7.19. The van der Waals surface area contributed by atoms with Gasteiger partial charge in [0, 0.05) is 23.8 Å². The maximum absolute atomic E-state index is 12.3. The number of benzene rings is 1. The number of anilines is 2. The topological polar surface area (TPSA) is 72.4 Å². The summed E-state index contributed by atoms with van der Waals surface area (Å²) < 4.78 is 1.34. The smallest absolute Gasteiger partial charge is 0.278 e. The lowest BCUT2D eigenvalue weighted by molar-refractivity contribution is 0.0364. The number of aryl methyl sites for hydroxylation is 1. The van der Waals surface area contributed by atoms with E-state index >= 15 is 0 Å². The van der Waals surface area contributed by atoms with Gasteiger partial charge in [-0.25, -0.2) is 5.48 Å². The third kappa shape index (κ3) is 3.90. The second-order valence-electron chi connectivity index (χ2n) is 5.07. The molecule has 0 saturated carbocycles. The number of hydroxylamine groups is 1. The Kier molecular flexibility index (Phi) is 5.88. The summed E-state index contributed by atoms with van der Waals surface area (Å²) in [6.45, 7) is 3.70. The Morgan fingerprint density at radius 1 is 1.33 bits per heavy atom. The standard InChI is InChI=1S/C16H17Cl2N3O3/c1-4-24-20-15(22)11-8-21(3)16(23)9(2)14(11)19-13-6-5-10(17)7-12(13)18/h5-8,19H,4H2,1-3H3,(H,20,22). The highest BCUT2D eigenvalue weighted by Crippen LogP contribution is 2.30. The van der Waals surface area contributed by atoms with Gasteiger partial charge in [-0.2, -0.15) is 0 Å². The van der Waals surface area contributed by atoms with Crippen molar-refractivity contribution in [1.82, 2.24) is 10.0 Å². The molecular weight excluding hydrogens is 353 g/mol. The minimum atomic E-state index is -0.469.